The van der Waals surface area contributed by atoms with Crippen LogP contribution < -0.4 is 5.32 Å². The first kappa shape index (κ1) is 14.7. The minimum atomic E-state index is 0.0884. The average molecular weight is 320 g/mol. The van der Waals surface area contributed by atoms with Crippen LogP contribution in [0.4, 0.5) is 0 Å². The van der Waals surface area contributed by atoms with Crippen LogP contribution in [-0.2, 0) is 4.74 Å². The van der Waals surface area contributed by atoms with Crippen LogP contribution in [0.15, 0.2) is 12.1 Å². The fourth-order valence-electron chi connectivity index (χ4n) is 4.01. The molecule has 0 radical (unpaired) electrons. The topological polar surface area (TPSA) is 41.6 Å². The molecule has 120 valence electrons. The molecular formula is C17H24N2O2S. The molecule has 5 heteroatoms. The summed E-state index contributed by atoms with van der Waals surface area (Å²) in [7, 11) is 0. The third kappa shape index (κ3) is 2.70. The van der Waals surface area contributed by atoms with E-state index in [9.17, 15) is 4.79 Å². The first-order chi connectivity index (χ1) is 10.8. The van der Waals surface area contributed by atoms with Gasteiger partial charge in [0.2, 0.25) is 0 Å². The summed E-state index contributed by atoms with van der Waals surface area (Å²) in [6.07, 6.45) is 6.78. The maximum absolute atomic E-state index is 12.7. The van der Waals surface area contributed by atoms with Crippen molar-refractivity contribution in [3.05, 3.63) is 21.9 Å². The largest absolute Gasteiger partial charge is 0.375 e. The minimum Gasteiger partial charge on any atom is -0.375 e. The molecule has 1 N–H and O–H groups in total. The van der Waals surface area contributed by atoms with Crippen LogP contribution >= 0.6 is 11.3 Å². The van der Waals surface area contributed by atoms with Crippen LogP contribution in [0.25, 0.3) is 0 Å². The fraction of sp³-hybridized carbons (Fsp3) is 0.706. The zero-order chi connectivity index (χ0) is 15.0. The quantitative estimate of drug-likeness (QED) is 0.911. The normalized spacial score (nSPS) is 27.6. The number of carbonyl (C=O) groups excluding carboxylic acids is 1. The Morgan fingerprint density at radius 2 is 2.14 bits per heavy atom. The molecule has 0 aromatic carbocycles. The summed E-state index contributed by atoms with van der Waals surface area (Å²) in [6.45, 7) is 3.68. The van der Waals surface area contributed by atoms with Gasteiger partial charge in [-0.1, -0.05) is 0 Å². The molecule has 1 aromatic rings. The Kier molecular flexibility index (Phi) is 3.96. The summed E-state index contributed by atoms with van der Waals surface area (Å²) >= 11 is 1.67. The number of nitrogens with zero attached hydrogens (tertiary/aromatic N) is 1. The highest BCUT2D eigenvalue weighted by Crippen LogP contribution is 2.36. The van der Waals surface area contributed by atoms with Crippen molar-refractivity contribution in [3.8, 4) is 0 Å². The first-order valence-corrected chi connectivity index (χ1v) is 9.34. The van der Waals surface area contributed by atoms with Crippen molar-refractivity contribution in [1.29, 1.82) is 0 Å². The predicted octanol–water partition coefficient (Wildman–Crippen LogP) is 2.96. The molecule has 1 unspecified atom stereocenters. The summed E-state index contributed by atoms with van der Waals surface area (Å²) in [4.78, 5) is 16.9. The molecule has 4 heterocycles. The van der Waals surface area contributed by atoms with Gasteiger partial charge >= 0.3 is 0 Å². The molecule has 3 aliphatic rings. The van der Waals surface area contributed by atoms with E-state index in [2.05, 4.69) is 11.4 Å². The van der Waals surface area contributed by atoms with Gasteiger partial charge in [-0.2, -0.15) is 0 Å². The standard InChI is InChI=1S/C17H24N2O2S/c20-16(15-5-4-14(22-15)13-3-1-9-18-13)19-10-7-17(8-11-19)6-2-12-21-17/h4-5,13,18H,1-3,6-12H2. The van der Waals surface area contributed by atoms with Gasteiger partial charge in [-0.3, -0.25) is 4.79 Å². The third-order valence-electron chi connectivity index (χ3n) is 5.39. The van der Waals surface area contributed by atoms with Crippen molar-refractivity contribution in [1.82, 2.24) is 10.2 Å². The van der Waals surface area contributed by atoms with Gasteiger partial charge in [0.1, 0.15) is 0 Å². The number of rotatable bonds is 2. The molecule has 1 spiro atoms. The highest BCUT2D eigenvalue weighted by atomic mass is 32.1. The van der Waals surface area contributed by atoms with Gasteiger partial charge in [-0.15, -0.1) is 11.3 Å². The van der Waals surface area contributed by atoms with Crippen LogP contribution in [0, 0.1) is 0 Å². The Hall–Kier alpha value is -0.910. The van der Waals surface area contributed by atoms with E-state index in [0.717, 1.165) is 44.0 Å². The van der Waals surface area contributed by atoms with Gasteiger partial charge in [0, 0.05) is 30.6 Å². The summed E-state index contributed by atoms with van der Waals surface area (Å²) in [5, 5.41) is 3.51. The molecule has 0 saturated carbocycles. The first-order valence-electron chi connectivity index (χ1n) is 8.52. The van der Waals surface area contributed by atoms with Crippen LogP contribution in [0.3, 0.4) is 0 Å². The molecule has 3 fully saturated rings. The molecule has 3 aliphatic heterocycles. The van der Waals surface area contributed by atoms with E-state index < -0.39 is 0 Å². The molecule has 4 nitrogen and oxygen atoms in total. The van der Waals surface area contributed by atoms with Gasteiger partial charge in [0.25, 0.3) is 5.91 Å². The van der Waals surface area contributed by atoms with E-state index in [0.29, 0.717) is 6.04 Å². The molecule has 1 amide bonds. The second-order valence-electron chi connectivity index (χ2n) is 6.78. The number of likely N-dealkylation sites (tertiary alicyclic amines) is 1. The van der Waals surface area contributed by atoms with E-state index in [1.807, 2.05) is 11.0 Å². The summed E-state index contributed by atoms with van der Waals surface area (Å²) in [6, 6.07) is 4.61. The van der Waals surface area contributed by atoms with Crippen molar-refractivity contribution in [2.45, 2.75) is 50.2 Å². The highest BCUT2D eigenvalue weighted by Gasteiger charge is 2.39. The lowest BCUT2D eigenvalue weighted by molar-refractivity contribution is -0.0386. The maximum Gasteiger partial charge on any atom is 0.263 e. The van der Waals surface area contributed by atoms with Gasteiger partial charge in [0.05, 0.1) is 10.5 Å². The van der Waals surface area contributed by atoms with Crippen LogP contribution in [-0.4, -0.2) is 42.6 Å². The van der Waals surface area contributed by atoms with Crippen molar-refractivity contribution in [3.63, 3.8) is 0 Å². The molecule has 0 aliphatic carbocycles. The maximum atomic E-state index is 12.7. The van der Waals surface area contributed by atoms with Crippen molar-refractivity contribution >= 4 is 17.2 Å². The Labute approximate surface area is 135 Å². The van der Waals surface area contributed by atoms with E-state index >= 15 is 0 Å². The third-order valence-corrected chi connectivity index (χ3v) is 6.58. The number of thiophene rings is 1. The number of hydrogen-bond donors (Lipinski definition) is 1. The van der Waals surface area contributed by atoms with Crippen molar-refractivity contribution in [2.75, 3.05) is 26.2 Å². The van der Waals surface area contributed by atoms with Gasteiger partial charge in [-0.25, -0.2) is 0 Å². The SMILES string of the molecule is O=C(c1ccc(C2CCCN2)s1)N1CCC2(CCCO2)CC1. The van der Waals surface area contributed by atoms with Gasteiger partial charge < -0.3 is 15.0 Å². The zero-order valence-electron chi connectivity index (χ0n) is 13.0. The predicted molar refractivity (Wildman–Crippen MR) is 87.4 cm³/mol. The second kappa shape index (κ2) is 5.95. The van der Waals surface area contributed by atoms with E-state index in [1.165, 1.54) is 30.6 Å². The van der Waals surface area contributed by atoms with Crippen LogP contribution in [0.1, 0.15) is 59.1 Å². The lowest BCUT2D eigenvalue weighted by Crippen LogP contribution is -2.46. The molecule has 22 heavy (non-hydrogen) atoms. The lowest BCUT2D eigenvalue weighted by Gasteiger charge is -2.38. The Morgan fingerprint density at radius 3 is 2.82 bits per heavy atom. The zero-order valence-corrected chi connectivity index (χ0v) is 13.8. The smallest absolute Gasteiger partial charge is 0.263 e. The number of amides is 1. The number of hydrogen-bond acceptors (Lipinski definition) is 4. The molecule has 0 bridgehead atoms. The second-order valence-corrected chi connectivity index (χ2v) is 7.89. The number of carbonyl (C=O) groups is 1. The summed E-state index contributed by atoms with van der Waals surface area (Å²) < 4.78 is 5.94. The monoisotopic (exact) mass is 320 g/mol. The summed E-state index contributed by atoms with van der Waals surface area (Å²) in [5.74, 6) is 0.210. The fourth-order valence-corrected chi connectivity index (χ4v) is 5.09. The molecule has 1 aromatic heterocycles. The summed E-state index contributed by atoms with van der Waals surface area (Å²) in [5.41, 5.74) is 0.0884. The Balaban J connectivity index is 1.39. The van der Waals surface area contributed by atoms with Gasteiger partial charge in [0.15, 0.2) is 0 Å². The number of nitrogens with one attached hydrogen (secondary N) is 1. The molecule has 4 rings (SSSR count). The lowest BCUT2D eigenvalue weighted by atomic mass is 9.88. The van der Waals surface area contributed by atoms with E-state index in [-0.39, 0.29) is 11.5 Å². The van der Waals surface area contributed by atoms with E-state index in [1.54, 1.807) is 11.3 Å². The molecule has 1 atom stereocenters. The van der Waals surface area contributed by atoms with Crippen molar-refractivity contribution < 1.29 is 9.53 Å². The minimum absolute atomic E-state index is 0.0884. The van der Waals surface area contributed by atoms with Crippen LogP contribution in [0.5, 0.6) is 0 Å². The molecule has 3 saturated heterocycles. The van der Waals surface area contributed by atoms with Gasteiger partial charge in [-0.05, 0) is 57.2 Å². The average Bonchev–Trinajstić information content (AvgIpc) is 3.29. The number of ether oxygens (including phenoxy) is 1. The molecular weight excluding hydrogens is 296 g/mol. The Morgan fingerprint density at radius 1 is 1.27 bits per heavy atom. The highest BCUT2D eigenvalue weighted by molar-refractivity contribution is 7.14. The van der Waals surface area contributed by atoms with Crippen molar-refractivity contribution in [2.24, 2.45) is 0 Å². The Bertz CT molecular complexity index is 535. The number of piperidine rings is 1. The van der Waals surface area contributed by atoms with Crippen LogP contribution in [0.2, 0.25) is 0 Å². The van der Waals surface area contributed by atoms with E-state index in [4.69, 9.17) is 4.74 Å².